The van der Waals surface area contributed by atoms with E-state index in [1.807, 2.05) is 20.8 Å². The number of unbranched alkanes of at least 4 members (excludes halogenated alkanes) is 12. The summed E-state index contributed by atoms with van der Waals surface area (Å²) in [6, 6.07) is 0. The van der Waals surface area contributed by atoms with Gasteiger partial charge in [-0.2, -0.15) is 0 Å². The molecule has 0 fully saturated rings. The van der Waals surface area contributed by atoms with E-state index in [1.54, 1.807) is 0 Å². The molecule has 0 aromatic heterocycles. The van der Waals surface area contributed by atoms with Gasteiger partial charge in [0.05, 0.1) is 5.69 Å². The van der Waals surface area contributed by atoms with Crippen LogP contribution in [0.25, 0.3) is 0 Å². The Balaban J connectivity index is 2.62. The van der Waals surface area contributed by atoms with Gasteiger partial charge in [-0.1, -0.05) is 90.9 Å². The lowest BCUT2D eigenvalue weighted by molar-refractivity contribution is -0.117. The lowest BCUT2D eigenvalue weighted by Gasteiger charge is -2.20. The van der Waals surface area contributed by atoms with Crippen LogP contribution in [0.15, 0.2) is 0 Å². The summed E-state index contributed by atoms with van der Waals surface area (Å²) in [6.45, 7) is 9.99. The van der Waals surface area contributed by atoms with Crippen molar-refractivity contribution in [2.24, 2.45) is 0 Å². The minimum Gasteiger partial charge on any atom is -0.505 e. The first-order valence-corrected chi connectivity index (χ1v) is 13.8. The molecule has 34 heavy (non-hydrogen) atoms. The Morgan fingerprint density at radius 1 is 0.559 bits per heavy atom. The SMILES string of the molecule is CCCCCCCCCC(=O)Nc1c(C)c(C)c(O)c(NC(=O)CCCCCCCCC)c1C. The third kappa shape index (κ3) is 10.9. The van der Waals surface area contributed by atoms with Gasteiger partial charge in [0.2, 0.25) is 11.8 Å². The maximum atomic E-state index is 12.6. The lowest BCUT2D eigenvalue weighted by Crippen LogP contribution is -2.17. The van der Waals surface area contributed by atoms with Crippen molar-refractivity contribution in [1.29, 1.82) is 0 Å². The highest BCUT2D eigenvalue weighted by Gasteiger charge is 2.20. The van der Waals surface area contributed by atoms with Gasteiger partial charge in [0.15, 0.2) is 0 Å². The number of hydrogen-bond donors (Lipinski definition) is 3. The zero-order valence-corrected chi connectivity index (χ0v) is 22.6. The summed E-state index contributed by atoms with van der Waals surface area (Å²) in [4.78, 5) is 25.1. The third-order valence-electron chi connectivity index (χ3n) is 6.82. The number of phenols is 1. The van der Waals surface area contributed by atoms with Crippen LogP contribution < -0.4 is 10.6 Å². The van der Waals surface area contributed by atoms with E-state index in [1.165, 1.54) is 57.8 Å². The monoisotopic (exact) mass is 474 g/mol. The van der Waals surface area contributed by atoms with E-state index in [9.17, 15) is 14.7 Å². The molecular weight excluding hydrogens is 424 g/mol. The Kier molecular flexibility index (Phi) is 15.4. The number of hydrogen-bond acceptors (Lipinski definition) is 3. The molecule has 2 amide bonds. The number of anilines is 2. The van der Waals surface area contributed by atoms with Crippen molar-refractivity contribution < 1.29 is 14.7 Å². The highest BCUT2D eigenvalue weighted by atomic mass is 16.3. The summed E-state index contributed by atoms with van der Waals surface area (Å²) >= 11 is 0. The van der Waals surface area contributed by atoms with Crippen LogP contribution in [0, 0.1) is 20.8 Å². The number of amides is 2. The summed E-state index contributed by atoms with van der Waals surface area (Å²) in [7, 11) is 0. The average Bonchev–Trinajstić information content (AvgIpc) is 2.82. The molecule has 0 heterocycles. The van der Waals surface area contributed by atoms with Crippen molar-refractivity contribution in [1.82, 2.24) is 0 Å². The topological polar surface area (TPSA) is 78.4 Å². The van der Waals surface area contributed by atoms with Crippen molar-refractivity contribution in [2.45, 2.75) is 137 Å². The molecule has 0 spiro atoms. The van der Waals surface area contributed by atoms with E-state index in [4.69, 9.17) is 0 Å². The molecule has 0 bridgehead atoms. The van der Waals surface area contributed by atoms with E-state index in [0.717, 1.165) is 37.7 Å². The first kappa shape index (κ1) is 30.0. The molecule has 0 aliphatic rings. The van der Waals surface area contributed by atoms with E-state index in [0.29, 0.717) is 35.3 Å². The lowest BCUT2D eigenvalue weighted by atomic mass is 9.99. The second kappa shape index (κ2) is 17.4. The Morgan fingerprint density at radius 3 is 1.38 bits per heavy atom. The fourth-order valence-electron chi connectivity index (χ4n) is 4.37. The average molecular weight is 475 g/mol. The van der Waals surface area contributed by atoms with E-state index >= 15 is 0 Å². The summed E-state index contributed by atoms with van der Waals surface area (Å²) < 4.78 is 0. The van der Waals surface area contributed by atoms with Gasteiger partial charge < -0.3 is 15.7 Å². The maximum Gasteiger partial charge on any atom is 0.224 e. The predicted molar refractivity (Wildman–Crippen MR) is 145 cm³/mol. The fraction of sp³-hybridized carbons (Fsp3) is 0.724. The fourth-order valence-corrected chi connectivity index (χ4v) is 4.37. The molecule has 1 aromatic rings. The van der Waals surface area contributed by atoms with Crippen LogP contribution in [0.5, 0.6) is 5.75 Å². The number of carbonyl (C=O) groups excluding carboxylic acids is 2. The second-order valence-electron chi connectivity index (χ2n) is 9.81. The van der Waals surface area contributed by atoms with Crippen LogP contribution in [0.3, 0.4) is 0 Å². The Hall–Kier alpha value is -2.04. The van der Waals surface area contributed by atoms with Crippen LogP contribution in [-0.4, -0.2) is 16.9 Å². The number of nitrogens with one attached hydrogen (secondary N) is 2. The highest BCUT2D eigenvalue weighted by Crippen LogP contribution is 2.39. The molecule has 1 aromatic carbocycles. The normalized spacial score (nSPS) is 11.0. The van der Waals surface area contributed by atoms with Crippen LogP contribution >= 0.6 is 0 Å². The molecule has 0 atom stereocenters. The highest BCUT2D eigenvalue weighted by molar-refractivity contribution is 5.98. The summed E-state index contributed by atoms with van der Waals surface area (Å²) in [5.41, 5.74) is 3.36. The number of phenolic OH excluding ortho intramolecular Hbond substituents is 1. The standard InChI is InChI=1S/C29H50N2O3/c1-6-8-10-12-14-16-18-20-25(32)30-27-22(3)23(4)29(34)28(24(27)5)31-26(33)21-19-17-15-13-11-9-7-2/h34H,6-21H2,1-5H3,(H,30,32)(H,31,33). The molecule has 0 aliphatic carbocycles. The van der Waals surface area contributed by atoms with Crippen molar-refractivity contribution >= 4 is 23.2 Å². The van der Waals surface area contributed by atoms with Crippen molar-refractivity contribution in [3.8, 4) is 5.75 Å². The molecule has 5 nitrogen and oxygen atoms in total. The smallest absolute Gasteiger partial charge is 0.224 e. The van der Waals surface area contributed by atoms with Crippen molar-refractivity contribution in [3.05, 3.63) is 16.7 Å². The van der Waals surface area contributed by atoms with Gasteiger partial charge in [0.25, 0.3) is 0 Å². The number of benzene rings is 1. The molecule has 1 rings (SSSR count). The quantitative estimate of drug-likeness (QED) is 0.113. The third-order valence-corrected chi connectivity index (χ3v) is 6.82. The minimum absolute atomic E-state index is 0.00908. The molecular formula is C29H50N2O3. The molecule has 0 saturated heterocycles. The first-order chi connectivity index (χ1) is 16.3. The molecule has 5 heteroatoms. The zero-order valence-electron chi connectivity index (χ0n) is 22.6. The molecule has 0 unspecified atom stereocenters. The van der Waals surface area contributed by atoms with Crippen LogP contribution in [0.2, 0.25) is 0 Å². The van der Waals surface area contributed by atoms with Gasteiger partial charge in [-0.3, -0.25) is 9.59 Å². The van der Waals surface area contributed by atoms with Gasteiger partial charge >= 0.3 is 0 Å². The summed E-state index contributed by atoms with van der Waals surface area (Å²) in [5.74, 6) is -0.00579. The summed E-state index contributed by atoms with van der Waals surface area (Å²) in [6.07, 6.45) is 17.2. The van der Waals surface area contributed by atoms with E-state index in [-0.39, 0.29) is 17.6 Å². The van der Waals surface area contributed by atoms with Crippen molar-refractivity contribution in [2.75, 3.05) is 10.6 Å². The first-order valence-electron chi connectivity index (χ1n) is 13.8. The van der Waals surface area contributed by atoms with Gasteiger partial charge in [0, 0.05) is 24.1 Å². The number of aromatic hydroxyl groups is 1. The predicted octanol–water partition coefficient (Wildman–Crippen LogP) is 8.48. The van der Waals surface area contributed by atoms with Crippen LogP contribution in [0.1, 0.15) is 133 Å². The van der Waals surface area contributed by atoms with Gasteiger partial charge in [-0.25, -0.2) is 0 Å². The van der Waals surface area contributed by atoms with Gasteiger partial charge in [0.1, 0.15) is 5.75 Å². The van der Waals surface area contributed by atoms with Crippen molar-refractivity contribution in [3.63, 3.8) is 0 Å². The maximum absolute atomic E-state index is 12.6. The Labute approximate surface area is 208 Å². The van der Waals surface area contributed by atoms with Crippen LogP contribution in [-0.2, 0) is 9.59 Å². The molecule has 0 saturated carbocycles. The van der Waals surface area contributed by atoms with Crippen LogP contribution in [0.4, 0.5) is 11.4 Å². The molecule has 0 radical (unpaired) electrons. The second-order valence-corrected chi connectivity index (χ2v) is 9.81. The largest absolute Gasteiger partial charge is 0.505 e. The van der Waals surface area contributed by atoms with E-state index < -0.39 is 0 Å². The molecule has 3 N–H and O–H groups in total. The van der Waals surface area contributed by atoms with Gasteiger partial charge in [-0.15, -0.1) is 0 Å². The Bertz CT molecular complexity index is 699. The molecule has 0 aliphatic heterocycles. The van der Waals surface area contributed by atoms with Gasteiger partial charge in [-0.05, 0) is 44.7 Å². The Morgan fingerprint density at radius 2 is 0.941 bits per heavy atom. The zero-order chi connectivity index (χ0) is 25.3. The summed E-state index contributed by atoms with van der Waals surface area (Å²) in [5, 5.41) is 16.6. The minimum atomic E-state index is -0.0874. The number of carbonyl (C=O) groups is 2. The number of rotatable bonds is 18. The molecule has 194 valence electrons. The van der Waals surface area contributed by atoms with E-state index in [2.05, 4.69) is 24.5 Å².